The van der Waals surface area contributed by atoms with Gasteiger partial charge in [-0.3, -0.25) is 0 Å². The fourth-order valence-electron chi connectivity index (χ4n) is 3.26. The molecular weight excluding hydrogens is 767 g/mol. The lowest BCUT2D eigenvalue weighted by molar-refractivity contribution is 0.301. The molecule has 0 heterocycles. The lowest BCUT2D eigenvalue weighted by Crippen LogP contribution is -1.99. The van der Waals surface area contributed by atoms with Crippen LogP contribution in [0.1, 0.15) is 22.3 Å². The number of hydrogen-bond acceptors (Lipinski definition) is 6. The van der Waals surface area contributed by atoms with Crippen molar-refractivity contribution in [3.8, 4) is 34.5 Å². The van der Waals surface area contributed by atoms with Crippen LogP contribution in [0.15, 0.2) is 69.6 Å². The second-order valence-corrected chi connectivity index (χ2v) is 11.5. The SMILES string of the molecule is COc1cc(Cl)c(O)cc1O.COc1cc(Cl)c(OCc2cccc(Br)c2C)cc1O.Cc1c(Br)cccc1CBr. The maximum Gasteiger partial charge on any atom is 0.162 e. The van der Waals surface area contributed by atoms with Crippen molar-refractivity contribution in [2.24, 2.45) is 0 Å². The minimum Gasteiger partial charge on any atom is -0.506 e. The second-order valence-electron chi connectivity index (χ2n) is 8.40. The lowest BCUT2D eigenvalue weighted by Gasteiger charge is -2.12. The highest BCUT2D eigenvalue weighted by Crippen LogP contribution is 2.37. The molecule has 220 valence electrons. The molecule has 4 aromatic rings. The molecule has 0 aliphatic heterocycles. The van der Waals surface area contributed by atoms with E-state index in [2.05, 4.69) is 66.8 Å². The Hall–Kier alpha value is -2.30. The first-order valence-electron chi connectivity index (χ1n) is 11.9. The first kappa shape index (κ1) is 34.9. The zero-order valence-corrected chi connectivity index (χ0v) is 28.9. The van der Waals surface area contributed by atoms with Gasteiger partial charge in [0.2, 0.25) is 0 Å². The molecule has 0 atom stereocenters. The molecule has 0 saturated carbocycles. The number of ether oxygens (including phenoxy) is 3. The molecule has 4 aromatic carbocycles. The number of halogens is 5. The summed E-state index contributed by atoms with van der Waals surface area (Å²) in [6, 6.07) is 17.6. The first-order valence-corrected chi connectivity index (χ1v) is 15.4. The third kappa shape index (κ3) is 10.2. The van der Waals surface area contributed by atoms with Gasteiger partial charge in [0.25, 0.3) is 0 Å². The van der Waals surface area contributed by atoms with Gasteiger partial charge in [0, 0.05) is 38.5 Å². The highest BCUT2D eigenvalue weighted by molar-refractivity contribution is 9.11. The first-order chi connectivity index (χ1) is 19.4. The van der Waals surface area contributed by atoms with Crippen LogP contribution in [0.2, 0.25) is 10.0 Å². The van der Waals surface area contributed by atoms with Gasteiger partial charge in [-0.2, -0.15) is 0 Å². The molecule has 3 N–H and O–H groups in total. The number of rotatable bonds is 6. The summed E-state index contributed by atoms with van der Waals surface area (Å²) in [6.45, 7) is 4.49. The van der Waals surface area contributed by atoms with E-state index in [0.717, 1.165) is 27.0 Å². The highest BCUT2D eigenvalue weighted by atomic mass is 79.9. The van der Waals surface area contributed by atoms with E-state index >= 15 is 0 Å². The molecule has 0 aliphatic carbocycles. The van der Waals surface area contributed by atoms with E-state index in [1.165, 1.54) is 48.0 Å². The van der Waals surface area contributed by atoms with E-state index in [1.54, 1.807) is 0 Å². The number of phenols is 3. The third-order valence-electron chi connectivity index (χ3n) is 5.77. The molecular formula is C30H29Br3Cl2O6. The van der Waals surface area contributed by atoms with Gasteiger partial charge in [0.1, 0.15) is 18.1 Å². The summed E-state index contributed by atoms with van der Waals surface area (Å²) < 4.78 is 17.6. The Balaban J connectivity index is 0.000000236. The van der Waals surface area contributed by atoms with Crippen LogP contribution in [0.5, 0.6) is 34.5 Å². The monoisotopic (exact) mass is 792 g/mol. The van der Waals surface area contributed by atoms with Crippen molar-refractivity contribution in [3.05, 3.63) is 102 Å². The van der Waals surface area contributed by atoms with Gasteiger partial charge in [-0.25, -0.2) is 0 Å². The molecule has 0 aliphatic rings. The van der Waals surface area contributed by atoms with Crippen molar-refractivity contribution in [1.82, 2.24) is 0 Å². The molecule has 4 rings (SSSR count). The van der Waals surface area contributed by atoms with E-state index < -0.39 is 0 Å². The van der Waals surface area contributed by atoms with Crippen molar-refractivity contribution < 1.29 is 29.5 Å². The van der Waals surface area contributed by atoms with Crippen LogP contribution < -0.4 is 14.2 Å². The molecule has 0 unspecified atom stereocenters. The summed E-state index contributed by atoms with van der Waals surface area (Å²) in [5.74, 6) is 0.690. The molecule has 0 bridgehead atoms. The maximum atomic E-state index is 9.74. The van der Waals surface area contributed by atoms with E-state index in [4.69, 9.17) is 47.6 Å². The predicted molar refractivity (Wildman–Crippen MR) is 176 cm³/mol. The Morgan fingerprint density at radius 3 is 1.66 bits per heavy atom. The summed E-state index contributed by atoms with van der Waals surface area (Å²) in [5.41, 5.74) is 4.82. The van der Waals surface area contributed by atoms with Crippen molar-refractivity contribution >= 4 is 71.0 Å². The molecule has 0 amide bonds. The zero-order chi connectivity index (χ0) is 30.7. The summed E-state index contributed by atoms with van der Waals surface area (Å²) >= 11 is 22.0. The summed E-state index contributed by atoms with van der Waals surface area (Å²) in [6.07, 6.45) is 0. The molecule has 0 aromatic heterocycles. The molecule has 0 radical (unpaired) electrons. The van der Waals surface area contributed by atoms with E-state index in [0.29, 0.717) is 23.1 Å². The average Bonchev–Trinajstić information content (AvgIpc) is 2.95. The number of phenolic OH excluding ortho intramolecular Hbond substituents is 3. The Morgan fingerprint density at radius 2 is 1.15 bits per heavy atom. The Kier molecular flexibility index (Phi) is 14.4. The molecule has 6 nitrogen and oxygen atoms in total. The topological polar surface area (TPSA) is 88.4 Å². The minimum atomic E-state index is -0.162. The number of methoxy groups -OCH3 is 2. The Morgan fingerprint density at radius 1 is 0.659 bits per heavy atom. The van der Waals surface area contributed by atoms with Gasteiger partial charge in [0.05, 0.1) is 24.3 Å². The molecule has 0 saturated heterocycles. The fourth-order valence-corrected chi connectivity index (χ4v) is 5.04. The van der Waals surface area contributed by atoms with Gasteiger partial charge < -0.3 is 29.5 Å². The van der Waals surface area contributed by atoms with Crippen LogP contribution in [-0.2, 0) is 11.9 Å². The quantitative estimate of drug-likeness (QED) is 0.169. The average molecular weight is 796 g/mol. The van der Waals surface area contributed by atoms with Crippen molar-refractivity contribution in [2.45, 2.75) is 25.8 Å². The van der Waals surface area contributed by atoms with Crippen LogP contribution in [-0.4, -0.2) is 29.5 Å². The fraction of sp³-hybridized carbons (Fsp3) is 0.200. The van der Waals surface area contributed by atoms with Crippen LogP contribution in [0.3, 0.4) is 0 Å². The van der Waals surface area contributed by atoms with Gasteiger partial charge in [0.15, 0.2) is 23.0 Å². The van der Waals surface area contributed by atoms with Crippen LogP contribution in [0.4, 0.5) is 0 Å². The number of hydrogen-bond donors (Lipinski definition) is 3. The number of alkyl halides is 1. The van der Waals surface area contributed by atoms with Gasteiger partial charge in [-0.15, -0.1) is 0 Å². The lowest BCUT2D eigenvalue weighted by atomic mass is 10.1. The largest absolute Gasteiger partial charge is 0.506 e. The molecule has 0 fully saturated rings. The Labute approximate surface area is 275 Å². The number of aromatic hydroxyl groups is 3. The second kappa shape index (κ2) is 17.0. The summed E-state index contributed by atoms with van der Waals surface area (Å²) in [4.78, 5) is 0. The summed E-state index contributed by atoms with van der Waals surface area (Å²) in [7, 11) is 2.87. The van der Waals surface area contributed by atoms with Gasteiger partial charge in [-0.05, 0) is 48.2 Å². The molecule has 11 heteroatoms. The van der Waals surface area contributed by atoms with Crippen LogP contribution >= 0.6 is 71.0 Å². The van der Waals surface area contributed by atoms with Crippen molar-refractivity contribution in [1.29, 1.82) is 0 Å². The van der Waals surface area contributed by atoms with Gasteiger partial charge in [-0.1, -0.05) is 95.3 Å². The van der Waals surface area contributed by atoms with E-state index in [1.807, 2.05) is 31.2 Å². The maximum absolute atomic E-state index is 9.74. The molecule has 41 heavy (non-hydrogen) atoms. The number of benzene rings is 4. The van der Waals surface area contributed by atoms with E-state index in [9.17, 15) is 5.11 Å². The summed E-state index contributed by atoms with van der Waals surface area (Å²) in [5, 5.41) is 29.3. The standard InChI is InChI=1S/C15H14BrClO3.C8H8Br2.C7H7ClO3/c1-9-10(4-3-5-11(9)16)8-20-14-7-13(18)15(19-2)6-12(14)17;1-6-7(5-9)3-2-4-8(6)10;1-11-7-2-4(8)5(9)3-6(7)10/h3-7,18H,8H2,1-2H3;2-4H,5H2,1H3;2-3,9-10H,1H3. The van der Waals surface area contributed by atoms with Crippen LogP contribution in [0.25, 0.3) is 0 Å². The predicted octanol–water partition coefficient (Wildman–Crippen LogP) is 10.1. The smallest absolute Gasteiger partial charge is 0.162 e. The normalized spacial score (nSPS) is 10.1. The molecule has 0 spiro atoms. The Bertz CT molecular complexity index is 1470. The van der Waals surface area contributed by atoms with Crippen molar-refractivity contribution in [2.75, 3.05) is 14.2 Å². The van der Waals surface area contributed by atoms with Crippen molar-refractivity contribution in [3.63, 3.8) is 0 Å². The van der Waals surface area contributed by atoms with Gasteiger partial charge >= 0.3 is 0 Å². The highest BCUT2D eigenvalue weighted by Gasteiger charge is 2.11. The minimum absolute atomic E-state index is 0.00198. The van der Waals surface area contributed by atoms with E-state index in [-0.39, 0.29) is 28.0 Å². The zero-order valence-electron chi connectivity index (χ0n) is 22.6. The van der Waals surface area contributed by atoms with Crippen LogP contribution in [0, 0.1) is 13.8 Å². The third-order valence-corrected chi connectivity index (χ3v) is 8.69.